The lowest BCUT2D eigenvalue weighted by molar-refractivity contribution is -0.384. The Morgan fingerprint density at radius 2 is 1.74 bits per heavy atom. The maximum absolute atomic E-state index is 11.0. The van der Waals surface area contributed by atoms with Gasteiger partial charge in [-0.25, -0.2) is 9.97 Å². The molecule has 31 heavy (non-hydrogen) atoms. The Balaban J connectivity index is 1.68. The van der Waals surface area contributed by atoms with Crippen LogP contribution in [-0.4, -0.2) is 45.8 Å². The summed E-state index contributed by atoms with van der Waals surface area (Å²) in [7, 11) is 4.59. The summed E-state index contributed by atoms with van der Waals surface area (Å²) in [5.74, 6) is 2.09. The fourth-order valence-electron chi connectivity index (χ4n) is 3.16. The van der Waals surface area contributed by atoms with Crippen LogP contribution in [0.1, 0.15) is 0 Å². The molecule has 0 bridgehead atoms. The summed E-state index contributed by atoms with van der Waals surface area (Å²) in [6, 6.07) is 9.82. The number of ether oxygens (including phenoxy) is 3. The van der Waals surface area contributed by atoms with E-state index >= 15 is 0 Å². The lowest BCUT2D eigenvalue weighted by Gasteiger charge is -2.14. The summed E-state index contributed by atoms with van der Waals surface area (Å²) < 4.78 is 17.8. The number of nitrogens with one attached hydrogen (secondary N) is 1. The van der Waals surface area contributed by atoms with Crippen LogP contribution in [0.3, 0.4) is 0 Å². The quantitative estimate of drug-likeness (QED) is 0.352. The van der Waals surface area contributed by atoms with E-state index in [2.05, 4.69) is 20.3 Å². The van der Waals surface area contributed by atoms with Gasteiger partial charge >= 0.3 is 0 Å². The average molecular weight is 422 g/mol. The minimum Gasteiger partial charge on any atom is -0.493 e. The molecule has 4 rings (SSSR count). The number of hydrogen-bond acceptors (Lipinski definition) is 9. The SMILES string of the molecule is COc1cc(Nc2ncnc(-n3ccc4cc([N+](=O)[O-])ccc43)n2)cc(OC)c1OC. The smallest absolute Gasteiger partial charge is 0.270 e. The van der Waals surface area contributed by atoms with E-state index in [1.807, 2.05) is 0 Å². The van der Waals surface area contributed by atoms with E-state index in [1.165, 1.54) is 39.8 Å². The van der Waals surface area contributed by atoms with Crippen molar-refractivity contribution in [2.24, 2.45) is 0 Å². The predicted molar refractivity (Wildman–Crippen MR) is 113 cm³/mol. The Hall–Kier alpha value is -4.41. The number of non-ortho nitro benzene ring substituents is 1. The molecular formula is C20H18N6O5. The molecule has 0 fully saturated rings. The van der Waals surface area contributed by atoms with Crippen LogP contribution in [0.4, 0.5) is 17.3 Å². The normalized spacial score (nSPS) is 10.7. The molecule has 2 aromatic heterocycles. The largest absolute Gasteiger partial charge is 0.493 e. The van der Waals surface area contributed by atoms with Crippen LogP contribution < -0.4 is 19.5 Å². The summed E-state index contributed by atoms with van der Waals surface area (Å²) in [6.07, 6.45) is 3.12. The van der Waals surface area contributed by atoms with Crippen LogP contribution in [0.25, 0.3) is 16.9 Å². The van der Waals surface area contributed by atoms with Gasteiger partial charge in [-0.1, -0.05) is 0 Å². The van der Waals surface area contributed by atoms with Gasteiger partial charge in [-0.15, -0.1) is 0 Å². The van der Waals surface area contributed by atoms with Crippen LogP contribution in [0.15, 0.2) is 48.9 Å². The molecule has 11 nitrogen and oxygen atoms in total. The number of benzene rings is 2. The first-order valence-corrected chi connectivity index (χ1v) is 9.06. The van der Waals surface area contributed by atoms with Gasteiger partial charge in [0.2, 0.25) is 17.6 Å². The Morgan fingerprint density at radius 3 is 2.39 bits per heavy atom. The monoisotopic (exact) mass is 422 g/mol. The topological polar surface area (TPSA) is 126 Å². The lowest BCUT2D eigenvalue weighted by Crippen LogP contribution is -2.05. The Morgan fingerprint density at radius 1 is 1.00 bits per heavy atom. The van der Waals surface area contributed by atoms with E-state index in [0.29, 0.717) is 40.2 Å². The first kappa shape index (κ1) is 19.9. The molecule has 0 radical (unpaired) electrons. The van der Waals surface area contributed by atoms with Crippen molar-refractivity contribution in [3.8, 4) is 23.2 Å². The van der Waals surface area contributed by atoms with Crippen molar-refractivity contribution in [1.82, 2.24) is 19.5 Å². The van der Waals surface area contributed by atoms with Gasteiger partial charge in [0.05, 0.1) is 31.8 Å². The van der Waals surface area contributed by atoms with Crippen molar-refractivity contribution in [3.63, 3.8) is 0 Å². The molecule has 0 atom stereocenters. The van der Waals surface area contributed by atoms with Gasteiger partial charge in [0.25, 0.3) is 5.69 Å². The van der Waals surface area contributed by atoms with Crippen molar-refractivity contribution in [3.05, 3.63) is 59.0 Å². The summed E-state index contributed by atoms with van der Waals surface area (Å²) in [5, 5.41) is 14.8. The molecule has 0 aliphatic heterocycles. The van der Waals surface area contributed by atoms with E-state index in [9.17, 15) is 10.1 Å². The highest BCUT2D eigenvalue weighted by Gasteiger charge is 2.15. The highest BCUT2D eigenvalue weighted by molar-refractivity contribution is 5.83. The van der Waals surface area contributed by atoms with Crippen molar-refractivity contribution < 1.29 is 19.1 Å². The molecule has 1 N–H and O–H groups in total. The standard InChI is InChI=1S/C20H18N6O5/c1-29-16-9-13(10-17(30-2)18(16)31-3)23-19-21-11-22-20(24-19)25-7-6-12-8-14(26(27)28)4-5-15(12)25/h4-11H,1-3H3,(H,21,22,23,24). The minimum absolute atomic E-state index is 0.0191. The maximum Gasteiger partial charge on any atom is 0.270 e. The van der Waals surface area contributed by atoms with Crippen molar-refractivity contribution >= 4 is 28.2 Å². The van der Waals surface area contributed by atoms with Gasteiger partial charge in [0, 0.05) is 41.5 Å². The first-order chi connectivity index (χ1) is 15.0. The number of nitro benzene ring substituents is 1. The zero-order valence-electron chi connectivity index (χ0n) is 16.9. The predicted octanol–water partition coefficient (Wildman–Crippen LogP) is 3.49. The highest BCUT2D eigenvalue weighted by atomic mass is 16.6. The molecule has 0 aliphatic carbocycles. The van der Waals surface area contributed by atoms with Gasteiger partial charge in [0.1, 0.15) is 6.33 Å². The number of nitrogens with zero attached hydrogens (tertiary/aromatic N) is 5. The number of fused-ring (bicyclic) bond motifs is 1. The highest BCUT2D eigenvalue weighted by Crippen LogP contribution is 2.40. The second-order valence-corrected chi connectivity index (χ2v) is 6.33. The Labute approximate surface area is 176 Å². The summed E-state index contributed by atoms with van der Waals surface area (Å²) >= 11 is 0. The molecule has 0 saturated carbocycles. The average Bonchev–Trinajstić information content (AvgIpc) is 3.21. The number of aromatic nitrogens is 4. The van der Waals surface area contributed by atoms with Crippen LogP contribution in [0.5, 0.6) is 17.2 Å². The molecule has 11 heteroatoms. The van der Waals surface area contributed by atoms with Crippen molar-refractivity contribution in [2.75, 3.05) is 26.6 Å². The first-order valence-electron chi connectivity index (χ1n) is 9.06. The van der Waals surface area contributed by atoms with E-state index in [1.54, 1.807) is 35.0 Å². The van der Waals surface area contributed by atoms with E-state index in [4.69, 9.17) is 14.2 Å². The second-order valence-electron chi connectivity index (χ2n) is 6.33. The zero-order chi connectivity index (χ0) is 22.0. The molecule has 0 amide bonds. The van der Waals surface area contributed by atoms with Crippen LogP contribution in [0, 0.1) is 10.1 Å². The fraction of sp³-hybridized carbons (Fsp3) is 0.150. The zero-order valence-corrected chi connectivity index (χ0v) is 16.9. The summed E-state index contributed by atoms with van der Waals surface area (Å²) in [4.78, 5) is 23.4. The van der Waals surface area contributed by atoms with Crippen LogP contribution in [-0.2, 0) is 0 Å². The van der Waals surface area contributed by atoms with Gasteiger partial charge in [-0.05, 0) is 12.1 Å². The third kappa shape index (κ3) is 3.75. The summed E-state index contributed by atoms with van der Waals surface area (Å²) in [6.45, 7) is 0. The summed E-state index contributed by atoms with van der Waals surface area (Å²) in [5.41, 5.74) is 1.38. The Kier molecular flexibility index (Phi) is 5.22. The van der Waals surface area contributed by atoms with Crippen molar-refractivity contribution in [2.45, 2.75) is 0 Å². The van der Waals surface area contributed by atoms with Crippen molar-refractivity contribution in [1.29, 1.82) is 0 Å². The third-order valence-corrected chi connectivity index (χ3v) is 4.58. The van der Waals surface area contributed by atoms with Gasteiger partial charge in [-0.2, -0.15) is 4.98 Å². The molecule has 0 unspecified atom stereocenters. The van der Waals surface area contributed by atoms with Crippen LogP contribution >= 0.6 is 0 Å². The Bertz CT molecular complexity index is 1250. The molecule has 2 heterocycles. The second kappa shape index (κ2) is 8.14. The number of methoxy groups -OCH3 is 3. The number of anilines is 2. The van der Waals surface area contributed by atoms with E-state index in [0.717, 1.165) is 5.52 Å². The molecule has 2 aromatic carbocycles. The van der Waals surface area contributed by atoms with Gasteiger partial charge < -0.3 is 19.5 Å². The molecule has 0 aliphatic rings. The van der Waals surface area contributed by atoms with Gasteiger partial charge in [-0.3, -0.25) is 14.7 Å². The molecular weight excluding hydrogens is 404 g/mol. The molecule has 0 spiro atoms. The number of nitro groups is 1. The van der Waals surface area contributed by atoms with E-state index < -0.39 is 4.92 Å². The number of rotatable bonds is 7. The third-order valence-electron chi connectivity index (χ3n) is 4.58. The van der Waals surface area contributed by atoms with E-state index in [-0.39, 0.29) is 5.69 Å². The van der Waals surface area contributed by atoms with Crippen LogP contribution in [0.2, 0.25) is 0 Å². The minimum atomic E-state index is -0.431. The molecule has 4 aromatic rings. The fourth-order valence-corrected chi connectivity index (χ4v) is 3.16. The maximum atomic E-state index is 11.0. The number of hydrogen-bond donors (Lipinski definition) is 1. The molecule has 158 valence electrons. The molecule has 0 saturated heterocycles. The lowest BCUT2D eigenvalue weighted by atomic mass is 10.2. The van der Waals surface area contributed by atoms with Gasteiger partial charge in [0.15, 0.2) is 11.5 Å².